The third-order valence-corrected chi connectivity index (χ3v) is 8.62. The minimum Gasteiger partial charge on any atom is -0.507 e. The van der Waals surface area contributed by atoms with Crippen molar-refractivity contribution in [1.29, 1.82) is 0 Å². The molecule has 39 heavy (non-hydrogen) atoms. The molecule has 3 aliphatic rings. The molecule has 1 amide bonds. The lowest BCUT2D eigenvalue weighted by Gasteiger charge is -2.54. The molecule has 11 heteroatoms. The van der Waals surface area contributed by atoms with Crippen molar-refractivity contribution in [3.63, 3.8) is 0 Å². The number of carboxylic acid groups (broad SMARTS) is 1. The second kappa shape index (κ2) is 9.08. The smallest absolute Gasteiger partial charge is 0.335 e. The Morgan fingerprint density at radius 3 is 2.23 bits per heavy atom. The third-order valence-electron chi connectivity index (χ3n) is 8.62. The first-order valence-electron chi connectivity index (χ1n) is 12.5. The number of nitrogens with two attached hydrogens (primary N) is 1. The molecule has 2 fully saturated rings. The zero-order valence-corrected chi connectivity index (χ0v) is 21.2. The van der Waals surface area contributed by atoms with Crippen molar-refractivity contribution in [2.24, 2.45) is 29.4 Å². The van der Waals surface area contributed by atoms with Crippen LogP contribution < -0.4 is 5.73 Å². The van der Waals surface area contributed by atoms with E-state index in [9.17, 15) is 44.4 Å². The molecule has 204 valence electrons. The number of ketones is 3. The fourth-order valence-corrected chi connectivity index (χ4v) is 6.88. The molecule has 5 rings (SSSR count). The van der Waals surface area contributed by atoms with E-state index in [1.807, 2.05) is 0 Å². The van der Waals surface area contributed by atoms with Gasteiger partial charge in [-0.1, -0.05) is 18.2 Å². The van der Waals surface area contributed by atoms with Crippen LogP contribution in [0.1, 0.15) is 32.7 Å². The number of carbonyl (C=O) groups is 5. The van der Waals surface area contributed by atoms with Gasteiger partial charge in [0.2, 0.25) is 5.91 Å². The Hall–Kier alpha value is -3.93. The lowest BCUT2D eigenvalue weighted by atomic mass is 9.52. The number of nitrogens with zero attached hydrogens (tertiary/aromatic N) is 1. The largest absolute Gasteiger partial charge is 0.507 e. The van der Waals surface area contributed by atoms with Crippen LogP contribution in [0.2, 0.25) is 0 Å². The molecular weight excluding hydrogens is 508 g/mol. The molecule has 2 saturated carbocycles. The summed E-state index contributed by atoms with van der Waals surface area (Å²) in [6.07, 6.45) is -1.43. The summed E-state index contributed by atoms with van der Waals surface area (Å²) in [6, 6.07) is 7.92. The SMILES string of the molecule is CN(C)[C@H]1C(O)C(C(N)=O)C(=O)[C@]2(O)C(=O)C3C(=O)c4c(O)ccc(-c5ccc(C(=O)O)cc5)c4C[C@@H]3C[C@H]12. The van der Waals surface area contributed by atoms with Crippen LogP contribution in [0.4, 0.5) is 0 Å². The van der Waals surface area contributed by atoms with Gasteiger partial charge in [-0.15, -0.1) is 0 Å². The first-order chi connectivity index (χ1) is 18.3. The Morgan fingerprint density at radius 2 is 1.67 bits per heavy atom. The first-order valence-corrected chi connectivity index (χ1v) is 12.5. The number of primary amides is 1. The minimum absolute atomic E-state index is 0.00225. The summed E-state index contributed by atoms with van der Waals surface area (Å²) < 4.78 is 0. The average Bonchev–Trinajstić information content (AvgIpc) is 2.86. The van der Waals surface area contributed by atoms with Gasteiger partial charge in [0.05, 0.1) is 23.1 Å². The summed E-state index contributed by atoms with van der Waals surface area (Å²) in [7, 11) is 3.16. The molecule has 7 atom stereocenters. The first kappa shape index (κ1) is 26.7. The summed E-state index contributed by atoms with van der Waals surface area (Å²) >= 11 is 0. The van der Waals surface area contributed by atoms with Crippen molar-refractivity contribution < 1.29 is 44.4 Å². The van der Waals surface area contributed by atoms with Crippen LogP contribution in [0.15, 0.2) is 36.4 Å². The fourth-order valence-electron chi connectivity index (χ4n) is 6.88. The highest BCUT2D eigenvalue weighted by Gasteiger charge is 2.69. The van der Waals surface area contributed by atoms with Gasteiger partial charge in [0.25, 0.3) is 0 Å². The maximum Gasteiger partial charge on any atom is 0.335 e. The second-order valence-corrected chi connectivity index (χ2v) is 10.8. The monoisotopic (exact) mass is 536 g/mol. The predicted molar refractivity (Wildman–Crippen MR) is 135 cm³/mol. The molecule has 0 spiro atoms. The van der Waals surface area contributed by atoms with E-state index in [4.69, 9.17) is 5.73 Å². The second-order valence-electron chi connectivity index (χ2n) is 10.8. The van der Waals surface area contributed by atoms with E-state index >= 15 is 0 Å². The highest BCUT2D eigenvalue weighted by Crippen LogP contribution is 2.52. The zero-order chi connectivity index (χ0) is 28.5. The number of carbonyl (C=O) groups excluding carboxylic acids is 4. The number of phenolic OH excluding ortho intramolecular Hbond substituents is 1. The molecule has 0 radical (unpaired) electrons. The number of amides is 1. The number of aliphatic hydroxyl groups is 2. The molecule has 11 nitrogen and oxygen atoms in total. The molecule has 6 N–H and O–H groups in total. The topological polar surface area (TPSA) is 196 Å². The minimum atomic E-state index is -2.72. The number of fused-ring (bicyclic) bond motifs is 3. The van der Waals surface area contributed by atoms with E-state index in [0.29, 0.717) is 16.7 Å². The maximum atomic E-state index is 13.9. The van der Waals surface area contributed by atoms with Crippen molar-refractivity contribution in [3.05, 3.63) is 53.1 Å². The van der Waals surface area contributed by atoms with Gasteiger partial charge < -0.3 is 31.1 Å². The van der Waals surface area contributed by atoms with Gasteiger partial charge in [0.15, 0.2) is 23.0 Å². The van der Waals surface area contributed by atoms with Crippen molar-refractivity contribution in [2.75, 3.05) is 14.1 Å². The third kappa shape index (κ3) is 3.72. The lowest BCUT2D eigenvalue weighted by molar-refractivity contribution is -0.190. The van der Waals surface area contributed by atoms with Crippen LogP contribution in [0.3, 0.4) is 0 Å². The Morgan fingerprint density at radius 1 is 1.03 bits per heavy atom. The molecule has 0 aromatic heterocycles. The van der Waals surface area contributed by atoms with Gasteiger partial charge in [-0.3, -0.25) is 19.2 Å². The number of hydrogen-bond donors (Lipinski definition) is 5. The summed E-state index contributed by atoms with van der Waals surface area (Å²) in [6.45, 7) is 0. The Bertz CT molecular complexity index is 1430. The lowest BCUT2D eigenvalue weighted by Crippen LogP contribution is -2.75. The van der Waals surface area contributed by atoms with Crippen LogP contribution in [-0.2, 0) is 20.8 Å². The van der Waals surface area contributed by atoms with E-state index in [2.05, 4.69) is 0 Å². The zero-order valence-electron chi connectivity index (χ0n) is 21.2. The van der Waals surface area contributed by atoms with Crippen molar-refractivity contribution in [3.8, 4) is 16.9 Å². The molecule has 0 saturated heterocycles. The predicted octanol–water partition coefficient (Wildman–Crippen LogP) is 0.0240. The van der Waals surface area contributed by atoms with E-state index in [1.54, 1.807) is 32.3 Å². The van der Waals surface area contributed by atoms with Crippen molar-refractivity contribution in [1.82, 2.24) is 4.90 Å². The van der Waals surface area contributed by atoms with Gasteiger partial charge in [0, 0.05) is 12.0 Å². The van der Waals surface area contributed by atoms with Gasteiger partial charge in [0.1, 0.15) is 11.7 Å². The number of phenols is 1. The van der Waals surface area contributed by atoms with Crippen LogP contribution >= 0.6 is 0 Å². The highest BCUT2D eigenvalue weighted by atomic mass is 16.4. The Kier molecular flexibility index (Phi) is 6.21. The molecule has 0 heterocycles. The van der Waals surface area contributed by atoms with E-state index < -0.39 is 70.6 Å². The molecule has 3 unspecified atom stereocenters. The number of likely N-dealkylation sites (N-methyl/N-ethyl adjacent to an activating group) is 1. The van der Waals surface area contributed by atoms with Crippen molar-refractivity contribution >= 4 is 29.2 Å². The highest BCUT2D eigenvalue weighted by molar-refractivity contribution is 6.25. The molecule has 3 aliphatic carbocycles. The van der Waals surface area contributed by atoms with E-state index in [-0.39, 0.29) is 29.7 Å². The van der Waals surface area contributed by atoms with Crippen LogP contribution in [0, 0.1) is 23.7 Å². The van der Waals surface area contributed by atoms with Crippen LogP contribution in [-0.4, -0.2) is 86.4 Å². The van der Waals surface area contributed by atoms with Crippen LogP contribution in [0.5, 0.6) is 5.75 Å². The van der Waals surface area contributed by atoms with Gasteiger partial charge in [-0.25, -0.2) is 4.79 Å². The fraction of sp³-hybridized carbons (Fsp3) is 0.393. The quantitative estimate of drug-likeness (QED) is 0.332. The summed E-state index contributed by atoms with van der Waals surface area (Å²) in [5, 5.41) is 42.5. The molecule has 2 aromatic carbocycles. The standard InChI is InChI=1S/C28H28N2O9/c1-30(2)21-16-10-13-9-15-14(11-3-5-12(6-4-11)27(37)38)7-8-17(31)19(15)22(32)18(13)24(34)28(16,39)25(35)20(23(21)33)26(29)36/h3-8,13,16,18,20-21,23,31,33,39H,9-10H2,1-2H3,(H2,29,36)(H,37,38)/t13-,16-,18?,20?,21-,23?,28-/m1/s1. The van der Waals surface area contributed by atoms with Gasteiger partial charge in [-0.05, 0) is 67.7 Å². The Balaban J connectivity index is 1.63. The molecule has 0 bridgehead atoms. The number of Topliss-reactive ketones (excluding diaryl/α,β-unsaturated/α-hetero) is 3. The van der Waals surface area contributed by atoms with E-state index in [0.717, 1.165) is 0 Å². The number of aromatic carboxylic acids is 1. The average molecular weight is 537 g/mol. The van der Waals surface area contributed by atoms with Gasteiger partial charge in [-0.2, -0.15) is 0 Å². The normalized spacial score (nSPS) is 31.9. The molecule has 2 aromatic rings. The summed E-state index contributed by atoms with van der Waals surface area (Å²) in [4.78, 5) is 66.0. The number of aliphatic hydroxyl groups excluding tert-OH is 1. The van der Waals surface area contributed by atoms with Gasteiger partial charge >= 0.3 is 5.97 Å². The number of aromatic hydroxyl groups is 1. The van der Waals surface area contributed by atoms with Crippen molar-refractivity contribution in [2.45, 2.75) is 30.6 Å². The number of hydrogen-bond acceptors (Lipinski definition) is 9. The maximum absolute atomic E-state index is 13.9. The number of rotatable bonds is 4. The van der Waals surface area contributed by atoms with E-state index in [1.165, 1.54) is 23.1 Å². The summed E-state index contributed by atoms with van der Waals surface area (Å²) in [5.41, 5.74) is 4.25. The number of benzene rings is 2. The summed E-state index contributed by atoms with van der Waals surface area (Å²) in [5.74, 6) is -10.8. The Labute approximate surface area is 222 Å². The number of carboxylic acids is 1. The molecule has 0 aliphatic heterocycles. The van der Waals surface area contributed by atoms with Crippen LogP contribution in [0.25, 0.3) is 11.1 Å². The molecular formula is C28H28N2O9.